The van der Waals surface area contributed by atoms with Crippen molar-refractivity contribution in [3.8, 4) is 0 Å². The topological polar surface area (TPSA) is 76.0 Å². The Balaban J connectivity index is 1.43. The number of carbonyl (C=O) groups excluding carboxylic acids is 2. The molecule has 3 aromatic rings. The maximum absolute atomic E-state index is 12.5. The zero-order valence-corrected chi connectivity index (χ0v) is 15.3. The van der Waals surface area contributed by atoms with Gasteiger partial charge in [-0.3, -0.25) is 9.59 Å². The summed E-state index contributed by atoms with van der Waals surface area (Å²) >= 11 is 0. The van der Waals surface area contributed by atoms with Crippen LogP contribution in [0.4, 0.5) is 5.69 Å². The lowest BCUT2D eigenvalue weighted by atomic mass is 10.0. The average Bonchev–Trinajstić information content (AvgIpc) is 2.85. The first-order valence-corrected chi connectivity index (χ1v) is 9.24. The standard InChI is InChI=1S/C21H22N4O2/c1-14-23-18-6-2-3-7-19(18)25(14)12-11-22-21(27)16-9-10-17-15(13-16)5-4-8-20(26)24-17/h2-3,6-7,9-10,13H,4-5,8,11-12H2,1H3,(H,22,27)(H,24,26). The summed E-state index contributed by atoms with van der Waals surface area (Å²) in [6.07, 6.45) is 2.13. The quantitative estimate of drug-likeness (QED) is 0.749. The van der Waals surface area contributed by atoms with E-state index in [1.54, 1.807) is 6.07 Å². The molecule has 0 radical (unpaired) electrons. The minimum absolute atomic E-state index is 0.0360. The molecule has 0 bridgehead atoms. The fraction of sp³-hybridized carbons (Fsp3) is 0.286. The smallest absolute Gasteiger partial charge is 0.251 e. The fourth-order valence-corrected chi connectivity index (χ4v) is 3.58. The van der Waals surface area contributed by atoms with Crippen LogP contribution < -0.4 is 10.6 Å². The Morgan fingerprint density at radius 2 is 2.07 bits per heavy atom. The van der Waals surface area contributed by atoms with Gasteiger partial charge in [0.05, 0.1) is 11.0 Å². The molecule has 2 N–H and O–H groups in total. The van der Waals surface area contributed by atoms with Crippen LogP contribution in [-0.4, -0.2) is 27.9 Å². The Morgan fingerprint density at radius 3 is 2.96 bits per heavy atom. The highest BCUT2D eigenvalue weighted by molar-refractivity contribution is 5.97. The summed E-state index contributed by atoms with van der Waals surface area (Å²) in [6.45, 7) is 3.16. The van der Waals surface area contributed by atoms with Gasteiger partial charge in [-0.25, -0.2) is 4.98 Å². The second kappa shape index (κ2) is 7.23. The van der Waals surface area contributed by atoms with E-state index in [2.05, 4.69) is 20.2 Å². The number of anilines is 1. The van der Waals surface area contributed by atoms with E-state index < -0.39 is 0 Å². The lowest BCUT2D eigenvalue weighted by molar-refractivity contribution is -0.116. The third-order valence-electron chi connectivity index (χ3n) is 4.96. The Labute approximate surface area is 157 Å². The Kier molecular flexibility index (Phi) is 4.62. The molecule has 0 saturated heterocycles. The number of fused-ring (bicyclic) bond motifs is 2. The van der Waals surface area contributed by atoms with Crippen LogP contribution in [0.15, 0.2) is 42.5 Å². The number of hydrogen-bond donors (Lipinski definition) is 2. The third-order valence-corrected chi connectivity index (χ3v) is 4.96. The summed E-state index contributed by atoms with van der Waals surface area (Å²) in [6, 6.07) is 13.5. The number of carbonyl (C=O) groups is 2. The molecule has 1 aliphatic heterocycles. The minimum Gasteiger partial charge on any atom is -0.350 e. The van der Waals surface area contributed by atoms with E-state index in [1.807, 2.05) is 43.3 Å². The second-order valence-corrected chi connectivity index (χ2v) is 6.83. The minimum atomic E-state index is -0.101. The van der Waals surface area contributed by atoms with E-state index >= 15 is 0 Å². The van der Waals surface area contributed by atoms with Gasteiger partial charge >= 0.3 is 0 Å². The van der Waals surface area contributed by atoms with Crippen molar-refractivity contribution in [2.45, 2.75) is 32.7 Å². The molecular formula is C21H22N4O2. The first kappa shape index (κ1) is 17.3. The SMILES string of the molecule is Cc1nc2ccccc2n1CCNC(=O)c1ccc2c(c1)CCCC(=O)N2. The highest BCUT2D eigenvalue weighted by atomic mass is 16.2. The molecule has 138 valence electrons. The van der Waals surface area contributed by atoms with Gasteiger partial charge in [-0.1, -0.05) is 12.1 Å². The second-order valence-electron chi connectivity index (χ2n) is 6.83. The number of rotatable bonds is 4. The first-order valence-electron chi connectivity index (χ1n) is 9.24. The van der Waals surface area contributed by atoms with Crippen molar-refractivity contribution >= 4 is 28.5 Å². The van der Waals surface area contributed by atoms with Crippen LogP contribution in [0.2, 0.25) is 0 Å². The van der Waals surface area contributed by atoms with E-state index in [0.717, 1.165) is 41.0 Å². The van der Waals surface area contributed by atoms with E-state index in [1.165, 1.54) is 0 Å². The number of aryl methyl sites for hydroxylation is 2. The molecule has 2 amide bonds. The molecule has 0 aliphatic carbocycles. The molecular weight excluding hydrogens is 340 g/mol. The van der Waals surface area contributed by atoms with E-state index in [9.17, 15) is 9.59 Å². The van der Waals surface area contributed by atoms with Gasteiger partial charge in [-0.05, 0) is 55.7 Å². The molecule has 2 aromatic carbocycles. The van der Waals surface area contributed by atoms with E-state index in [-0.39, 0.29) is 11.8 Å². The molecule has 6 nitrogen and oxygen atoms in total. The first-order chi connectivity index (χ1) is 13.1. The lowest BCUT2D eigenvalue weighted by Gasteiger charge is -2.11. The highest BCUT2D eigenvalue weighted by Crippen LogP contribution is 2.23. The molecule has 4 rings (SSSR count). The highest BCUT2D eigenvalue weighted by Gasteiger charge is 2.15. The number of nitrogens with zero attached hydrogens (tertiary/aromatic N) is 2. The predicted octanol–water partition coefficient (Wildman–Crippen LogP) is 3.05. The van der Waals surface area contributed by atoms with Crippen LogP contribution >= 0.6 is 0 Å². The van der Waals surface area contributed by atoms with Crippen molar-refractivity contribution in [2.75, 3.05) is 11.9 Å². The summed E-state index contributed by atoms with van der Waals surface area (Å²) in [5.74, 6) is 0.871. The number of aromatic nitrogens is 2. The summed E-state index contributed by atoms with van der Waals surface area (Å²) < 4.78 is 2.11. The van der Waals surface area contributed by atoms with Gasteiger partial charge in [0.15, 0.2) is 0 Å². The van der Waals surface area contributed by atoms with Gasteiger partial charge in [0.2, 0.25) is 5.91 Å². The van der Waals surface area contributed by atoms with Crippen LogP contribution in [0, 0.1) is 6.92 Å². The summed E-state index contributed by atoms with van der Waals surface area (Å²) in [5.41, 5.74) is 4.50. The van der Waals surface area contributed by atoms with Crippen molar-refractivity contribution in [3.63, 3.8) is 0 Å². The zero-order chi connectivity index (χ0) is 18.8. The van der Waals surface area contributed by atoms with Gasteiger partial charge < -0.3 is 15.2 Å². The van der Waals surface area contributed by atoms with E-state index in [4.69, 9.17) is 0 Å². The maximum atomic E-state index is 12.5. The Bertz CT molecular complexity index is 1020. The van der Waals surface area contributed by atoms with Crippen molar-refractivity contribution in [2.24, 2.45) is 0 Å². The van der Waals surface area contributed by atoms with E-state index in [0.29, 0.717) is 25.1 Å². The van der Waals surface area contributed by atoms with Crippen molar-refractivity contribution in [3.05, 3.63) is 59.4 Å². The average molecular weight is 362 g/mol. The molecule has 0 fully saturated rings. The van der Waals surface area contributed by atoms with Crippen LogP contribution in [0.25, 0.3) is 11.0 Å². The van der Waals surface area contributed by atoms with Gasteiger partial charge in [-0.15, -0.1) is 0 Å². The molecule has 0 spiro atoms. The molecule has 1 aromatic heterocycles. The molecule has 0 saturated carbocycles. The molecule has 1 aliphatic rings. The molecule has 6 heteroatoms. The fourth-order valence-electron chi connectivity index (χ4n) is 3.58. The molecule has 0 atom stereocenters. The number of benzene rings is 2. The summed E-state index contributed by atoms with van der Waals surface area (Å²) in [4.78, 5) is 28.7. The van der Waals surface area contributed by atoms with Gasteiger partial charge in [0.1, 0.15) is 5.82 Å². The van der Waals surface area contributed by atoms with Crippen LogP contribution in [-0.2, 0) is 17.8 Å². The largest absolute Gasteiger partial charge is 0.350 e. The van der Waals surface area contributed by atoms with Gasteiger partial charge in [-0.2, -0.15) is 0 Å². The summed E-state index contributed by atoms with van der Waals surface area (Å²) in [5, 5.41) is 5.88. The lowest BCUT2D eigenvalue weighted by Crippen LogP contribution is -2.27. The number of para-hydroxylation sites is 2. The maximum Gasteiger partial charge on any atom is 0.251 e. The van der Waals surface area contributed by atoms with Crippen molar-refractivity contribution < 1.29 is 9.59 Å². The number of amides is 2. The molecule has 27 heavy (non-hydrogen) atoms. The molecule has 2 heterocycles. The third kappa shape index (κ3) is 3.56. The van der Waals surface area contributed by atoms with Gasteiger partial charge in [0.25, 0.3) is 5.91 Å². The Hall–Kier alpha value is -3.15. The van der Waals surface area contributed by atoms with Crippen LogP contribution in [0.3, 0.4) is 0 Å². The molecule has 0 unspecified atom stereocenters. The van der Waals surface area contributed by atoms with Crippen molar-refractivity contribution in [1.82, 2.24) is 14.9 Å². The Morgan fingerprint density at radius 1 is 1.22 bits per heavy atom. The zero-order valence-electron chi connectivity index (χ0n) is 15.3. The predicted molar refractivity (Wildman–Crippen MR) is 105 cm³/mol. The monoisotopic (exact) mass is 362 g/mol. The number of nitrogens with one attached hydrogen (secondary N) is 2. The normalized spacial score (nSPS) is 13.7. The summed E-state index contributed by atoms with van der Waals surface area (Å²) in [7, 11) is 0. The number of hydrogen-bond acceptors (Lipinski definition) is 3. The van der Waals surface area contributed by atoms with Crippen LogP contribution in [0.1, 0.15) is 34.6 Å². The number of imidazole rings is 1. The van der Waals surface area contributed by atoms with Gasteiger partial charge in [0, 0.05) is 30.8 Å². The van der Waals surface area contributed by atoms with Crippen LogP contribution in [0.5, 0.6) is 0 Å². The van der Waals surface area contributed by atoms with Crippen molar-refractivity contribution in [1.29, 1.82) is 0 Å².